The van der Waals surface area contributed by atoms with E-state index in [9.17, 15) is 23.6 Å². The lowest BCUT2D eigenvalue weighted by molar-refractivity contribution is -0.134. The molecule has 5 fully saturated rings. The van der Waals surface area contributed by atoms with Crippen molar-refractivity contribution in [3.8, 4) is 28.5 Å². The first-order valence-corrected chi connectivity index (χ1v) is 21.6. The Morgan fingerprint density at radius 3 is 2.50 bits per heavy atom. The number of amides is 2. The van der Waals surface area contributed by atoms with E-state index in [-0.39, 0.29) is 94.1 Å². The first-order valence-electron chi connectivity index (χ1n) is 20.8. The van der Waals surface area contributed by atoms with Crippen molar-refractivity contribution in [3.05, 3.63) is 117 Å². The molecule has 2 saturated carbocycles. The van der Waals surface area contributed by atoms with E-state index in [0.717, 1.165) is 31.5 Å². The number of fused-ring (bicyclic) bond motifs is 4. The third-order valence-corrected chi connectivity index (χ3v) is 13.9. The van der Waals surface area contributed by atoms with Crippen LogP contribution in [0.1, 0.15) is 71.5 Å². The fraction of sp³-hybridized carbons (Fsp3) is 0.340. The van der Waals surface area contributed by atoms with Gasteiger partial charge in [-0.15, -0.1) is 0 Å². The average Bonchev–Trinajstić information content (AvgIpc) is 3.54. The van der Waals surface area contributed by atoms with E-state index < -0.39 is 29.6 Å². The van der Waals surface area contributed by atoms with Crippen LogP contribution in [0, 0.1) is 40.6 Å². The summed E-state index contributed by atoms with van der Waals surface area (Å²) in [6.45, 7) is 0.701. The van der Waals surface area contributed by atoms with E-state index in [4.69, 9.17) is 32.9 Å². The van der Waals surface area contributed by atoms with E-state index >= 15 is 4.39 Å². The minimum Gasteiger partial charge on any atom is -0.371 e. The molecule has 3 aromatic heterocycles. The van der Waals surface area contributed by atoms with Crippen LogP contribution in [0.5, 0.6) is 0 Å². The highest BCUT2D eigenvalue weighted by atomic mass is 35.5. The number of nitrogens with one attached hydrogen (secondary N) is 2. The van der Waals surface area contributed by atoms with Crippen molar-refractivity contribution in [2.75, 3.05) is 20.1 Å². The van der Waals surface area contributed by atoms with E-state index in [1.54, 1.807) is 36.5 Å². The van der Waals surface area contributed by atoms with Gasteiger partial charge in [0.15, 0.2) is 5.82 Å². The number of aromatic nitrogens is 3. The van der Waals surface area contributed by atoms with Gasteiger partial charge in [0.2, 0.25) is 5.91 Å². The number of benzene rings is 3. The van der Waals surface area contributed by atoms with Crippen LogP contribution in [-0.4, -0.2) is 63.5 Å². The highest BCUT2D eigenvalue weighted by Crippen LogP contribution is 2.52. The van der Waals surface area contributed by atoms with Crippen LogP contribution in [0.25, 0.3) is 44.2 Å². The number of likely N-dealkylation sites (tertiary alicyclic amines) is 1. The van der Waals surface area contributed by atoms with Gasteiger partial charge in [-0.2, -0.15) is 5.26 Å². The van der Waals surface area contributed by atoms with Gasteiger partial charge in [-0.25, -0.2) is 18.2 Å². The van der Waals surface area contributed by atoms with Crippen LogP contribution < -0.4 is 10.6 Å². The van der Waals surface area contributed by atoms with Crippen molar-refractivity contribution in [3.63, 3.8) is 0 Å². The molecule has 6 aromatic rings. The summed E-state index contributed by atoms with van der Waals surface area (Å²) in [6, 6.07) is 17.7. The predicted octanol–water partition coefficient (Wildman–Crippen LogP) is 9.26. The molecular formula is C47H40Cl2F3N7O3. The molecule has 3 saturated heterocycles. The second-order valence-electron chi connectivity index (χ2n) is 16.7. The molecule has 3 aliphatic heterocycles. The van der Waals surface area contributed by atoms with E-state index in [2.05, 4.69) is 26.3 Å². The summed E-state index contributed by atoms with van der Waals surface area (Å²) in [7, 11) is 1.52. The standard InChI is InChI=1S/C47H40Cl2F3N7O3/c1-54-46(60)35-13-12-25(19-55-35)42-30-18-38(37-17-27(21-58(37)47(61)23-10-11-23)62-22-31-33(50)8-3-9-34(31)51)59(44-26-16-36(44)56-20-26)45(30)29-15-24(5-4-14-53)39(41(52)43(29)57-42)28-6-2-7-32(48)40(28)49/h2-3,6-9,12-13,15,18-19,23,26-27,36-37,44,56H,4-5,10-11,16-17,20-22H2,1H3,(H,54,60). The molecule has 2 bridgehead atoms. The lowest BCUT2D eigenvalue weighted by Gasteiger charge is -2.39. The first kappa shape index (κ1) is 40.5. The number of hydrogen-bond donors (Lipinski definition) is 2. The summed E-state index contributed by atoms with van der Waals surface area (Å²) in [4.78, 5) is 38.2. The topological polar surface area (TPSA) is 125 Å². The quantitative estimate of drug-likeness (QED) is 0.133. The van der Waals surface area contributed by atoms with E-state index in [0.29, 0.717) is 45.1 Å². The number of nitriles is 1. The zero-order chi connectivity index (χ0) is 43.0. The number of hydrogen-bond acceptors (Lipinski definition) is 7. The van der Waals surface area contributed by atoms with Gasteiger partial charge >= 0.3 is 0 Å². The van der Waals surface area contributed by atoms with Gasteiger partial charge in [0, 0.05) is 89.9 Å². The number of carbonyl (C=O) groups is 2. The fourth-order valence-corrected chi connectivity index (χ4v) is 10.2. The Kier molecular flexibility index (Phi) is 10.5. The number of halogens is 5. The van der Waals surface area contributed by atoms with Gasteiger partial charge in [-0.3, -0.25) is 14.6 Å². The molecule has 2 amide bonds. The molecule has 3 aromatic carbocycles. The Bertz CT molecular complexity index is 2830. The van der Waals surface area contributed by atoms with E-state index in [1.807, 2.05) is 17.0 Å². The van der Waals surface area contributed by atoms with Gasteiger partial charge in [-0.1, -0.05) is 41.4 Å². The van der Waals surface area contributed by atoms with Gasteiger partial charge in [0.05, 0.1) is 52.1 Å². The van der Waals surface area contributed by atoms with Crippen molar-refractivity contribution >= 4 is 56.8 Å². The van der Waals surface area contributed by atoms with Crippen LogP contribution in [-0.2, 0) is 22.6 Å². The Morgan fingerprint density at radius 2 is 1.82 bits per heavy atom. The van der Waals surface area contributed by atoms with Crippen LogP contribution in [0.2, 0.25) is 10.0 Å². The summed E-state index contributed by atoms with van der Waals surface area (Å²) in [5, 5.41) is 17.6. The Hall–Kier alpha value is -5.52. The number of aryl methyl sites for hydroxylation is 1. The summed E-state index contributed by atoms with van der Waals surface area (Å²) in [6.07, 6.45) is 4.16. The highest BCUT2D eigenvalue weighted by Gasteiger charge is 2.51. The Morgan fingerprint density at radius 1 is 1.03 bits per heavy atom. The third kappa shape index (κ3) is 6.79. The van der Waals surface area contributed by atoms with Crippen LogP contribution in [0.15, 0.2) is 66.9 Å². The van der Waals surface area contributed by atoms with Crippen molar-refractivity contribution in [2.24, 2.45) is 11.8 Å². The molecule has 5 aliphatic rings. The number of pyridine rings is 2. The maximum Gasteiger partial charge on any atom is 0.269 e. The Labute approximate surface area is 365 Å². The minimum atomic E-state index is -0.703. The molecule has 316 valence electrons. The second-order valence-corrected chi connectivity index (χ2v) is 17.5. The zero-order valence-electron chi connectivity index (χ0n) is 33.5. The summed E-state index contributed by atoms with van der Waals surface area (Å²) >= 11 is 13.3. The van der Waals surface area contributed by atoms with Gasteiger partial charge in [0.1, 0.15) is 22.8 Å². The molecule has 62 heavy (non-hydrogen) atoms. The zero-order valence-corrected chi connectivity index (χ0v) is 35.0. The predicted molar refractivity (Wildman–Crippen MR) is 229 cm³/mol. The molecule has 15 heteroatoms. The Balaban J connectivity index is 1.22. The normalized spacial score (nSPS) is 21.7. The van der Waals surface area contributed by atoms with Crippen LogP contribution in [0.3, 0.4) is 0 Å². The lowest BCUT2D eigenvalue weighted by Crippen LogP contribution is -2.41. The number of rotatable bonds is 11. The molecule has 10 nitrogen and oxygen atoms in total. The molecule has 0 spiro atoms. The van der Waals surface area contributed by atoms with E-state index in [1.165, 1.54) is 25.2 Å². The monoisotopic (exact) mass is 877 g/mol. The third-order valence-electron chi connectivity index (χ3n) is 13.1. The first-order chi connectivity index (χ1) is 30.1. The molecule has 6 heterocycles. The lowest BCUT2D eigenvalue weighted by atomic mass is 9.79. The molecular weight excluding hydrogens is 838 g/mol. The smallest absolute Gasteiger partial charge is 0.269 e. The van der Waals surface area contributed by atoms with Gasteiger partial charge in [-0.05, 0) is 79.6 Å². The van der Waals surface area contributed by atoms with Crippen LogP contribution >= 0.6 is 23.2 Å². The molecule has 2 N–H and O–H groups in total. The number of carbonyl (C=O) groups excluding carboxylic acids is 2. The molecule has 2 aliphatic carbocycles. The maximum atomic E-state index is 17.8. The highest BCUT2D eigenvalue weighted by molar-refractivity contribution is 6.43. The minimum absolute atomic E-state index is 0.00485. The molecule has 11 rings (SSSR count). The summed E-state index contributed by atoms with van der Waals surface area (Å²) in [5.74, 6) is -2.31. The second kappa shape index (κ2) is 16.0. The molecule has 5 atom stereocenters. The van der Waals surface area contributed by atoms with Crippen molar-refractivity contribution in [1.29, 1.82) is 5.26 Å². The van der Waals surface area contributed by atoms with Crippen molar-refractivity contribution < 1.29 is 27.5 Å². The molecule has 0 radical (unpaired) electrons. The van der Waals surface area contributed by atoms with Gasteiger partial charge < -0.3 is 24.8 Å². The SMILES string of the molecule is CNC(=O)c1ccc(-c2nc3c(F)c(-c4cccc(Cl)c4Cl)c(CCC#N)cc3c3c2cc(C2CC(OCc4c(F)cccc4F)CN2C(=O)C2CC2)n3C2C3CNC2C3)cn1. The fourth-order valence-electron chi connectivity index (χ4n) is 9.84. The van der Waals surface area contributed by atoms with Crippen LogP contribution in [0.4, 0.5) is 13.2 Å². The largest absolute Gasteiger partial charge is 0.371 e. The number of nitrogens with zero attached hydrogens (tertiary/aromatic N) is 5. The van der Waals surface area contributed by atoms with Crippen molar-refractivity contribution in [2.45, 2.75) is 69.4 Å². The maximum absolute atomic E-state index is 17.8. The summed E-state index contributed by atoms with van der Waals surface area (Å²) < 4.78 is 55.9. The molecule has 5 unspecified atom stereocenters. The average molecular weight is 879 g/mol. The number of ether oxygens (including phenoxy) is 1. The van der Waals surface area contributed by atoms with Gasteiger partial charge in [0.25, 0.3) is 5.91 Å². The summed E-state index contributed by atoms with van der Waals surface area (Å²) in [5.41, 5.74) is 3.65. The van der Waals surface area contributed by atoms with Crippen molar-refractivity contribution in [1.82, 2.24) is 30.1 Å².